The maximum atomic E-state index is 12.8. The molecular weight excluding hydrogens is 584 g/mol. The zero-order valence-corrected chi connectivity index (χ0v) is 22.1. The molecule has 0 bridgehead atoms. The number of rotatable bonds is 5. The zero-order valence-electron chi connectivity index (χ0n) is 16.8. The second kappa shape index (κ2) is 9.25. The van der Waals surface area contributed by atoms with Gasteiger partial charge in [-0.2, -0.15) is 0 Å². The molecule has 11 heteroatoms. The number of carbonyl (C=O) groups is 2. The van der Waals surface area contributed by atoms with Crippen molar-refractivity contribution in [1.29, 1.82) is 0 Å². The van der Waals surface area contributed by atoms with Gasteiger partial charge in [0.2, 0.25) is 5.91 Å². The Morgan fingerprint density at radius 1 is 0.794 bits per heavy atom. The van der Waals surface area contributed by atoms with E-state index in [2.05, 4.69) is 5.32 Å². The fraction of sp³-hybridized carbons (Fsp3) is 0.130. The Bertz CT molecular complexity index is 1300. The van der Waals surface area contributed by atoms with Gasteiger partial charge >= 0.3 is 0 Å². The second-order valence-electron chi connectivity index (χ2n) is 7.74. The van der Waals surface area contributed by atoms with Crippen LogP contribution in [0.1, 0.15) is 27.4 Å². The molecule has 1 fully saturated rings. The molecule has 176 valence electrons. The van der Waals surface area contributed by atoms with Crippen LogP contribution in [-0.2, 0) is 10.2 Å². The summed E-state index contributed by atoms with van der Waals surface area (Å²) in [5.41, 5.74) is 5.62. The molecule has 0 aromatic heterocycles. The highest BCUT2D eigenvalue weighted by Crippen LogP contribution is 2.74. The predicted molar refractivity (Wildman–Crippen MR) is 140 cm³/mol. The molecule has 1 saturated carbocycles. The van der Waals surface area contributed by atoms with Gasteiger partial charge in [0.05, 0.1) is 10.7 Å². The molecule has 2 amide bonds. The first-order valence-corrected chi connectivity index (χ1v) is 12.2. The van der Waals surface area contributed by atoms with Crippen molar-refractivity contribution in [2.24, 2.45) is 5.73 Å². The van der Waals surface area contributed by atoms with Crippen molar-refractivity contribution in [2.75, 3.05) is 5.32 Å². The number of alkyl halides is 2. The first-order valence-electron chi connectivity index (χ1n) is 9.59. The lowest BCUT2D eigenvalue weighted by Gasteiger charge is -2.18. The van der Waals surface area contributed by atoms with Gasteiger partial charge in [0, 0.05) is 31.6 Å². The lowest BCUT2D eigenvalue weighted by molar-refractivity contribution is -0.120. The van der Waals surface area contributed by atoms with Gasteiger partial charge in [0.15, 0.2) is 0 Å². The Balaban J connectivity index is 1.76. The Hall–Kier alpha value is -1.37. The van der Waals surface area contributed by atoms with E-state index in [1.165, 1.54) is 30.3 Å². The van der Waals surface area contributed by atoms with Crippen molar-refractivity contribution in [2.45, 2.75) is 15.7 Å². The van der Waals surface area contributed by atoms with Crippen molar-refractivity contribution in [3.8, 4) is 0 Å². The summed E-state index contributed by atoms with van der Waals surface area (Å²) in [5, 5.41) is 4.18. The average Bonchev–Trinajstić information content (AvgIpc) is 3.25. The van der Waals surface area contributed by atoms with Gasteiger partial charge in [-0.05, 0) is 59.7 Å². The molecule has 0 radical (unpaired) electrons. The van der Waals surface area contributed by atoms with Crippen LogP contribution in [0.2, 0.25) is 25.1 Å². The van der Waals surface area contributed by atoms with Crippen molar-refractivity contribution in [3.63, 3.8) is 0 Å². The van der Waals surface area contributed by atoms with Crippen LogP contribution in [0.5, 0.6) is 0 Å². The Labute approximate surface area is 230 Å². The Kier molecular flexibility index (Phi) is 7.00. The van der Waals surface area contributed by atoms with E-state index in [1.807, 2.05) is 0 Å². The van der Waals surface area contributed by atoms with Gasteiger partial charge in [-0.25, -0.2) is 0 Å². The first kappa shape index (κ1) is 25.7. The molecule has 4 nitrogen and oxygen atoms in total. The van der Waals surface area contributed by atoms with E-state index >= 15 is 0 Å². The van der Waals surface area contributed by atoms with Crippen molar-refractivity contribution < 1.29 is 9.59 Å². The number of nitrogens with two attached hydrogens (primary N) is 1. The lowest BCUT2D eigenvalue weighted by Crippen LogP contribution is -2.34. The second-order valence-corrected chi connectivity index (χ2v) is 11.3. The fourth-order valence-corrected chi connectivity index (χ4v) is 6.49. The Morgan fingerprint density at radius 3 is 1.85 bits per heavy atom. The number of benzene rings is 3. The third-order valence-electron chi connectivity index (χ3n) is 5.64. The number of halogens is 7. The van der Waals surface area contributed by atoms with Crippen LogP contribution in [0.3, 0.4) is 0 Å². The van der Waals surface area contributed by atoms with E-state index < -0.39 is 27.5 Å². The molecule has 34 heavy (non-hydrogen) atoms. The van der Waals surface area contributed by atoms with E-state index in [1.54, 1.807) is 24.3 Å². The SMILES string of the molecule is NC(=O)C1(c2ccc(Cl)c(NC(=O)c3cc(Cl)cc(Cl)c3)c2)C(c2cc(Cl)cc(Cl)c2)C1(Cl)Cl. The molecule has 1 aliphatic rings. The van der Waals surface area contributed by atoms with Gasteiger partial charge in [-0.3, -0.25) is 9.59 Å². The maximum Gasteiger partial charge on any atom is 0.255 e. The van der Waals surface area contributed by atoms with E-state index in [-0.39, 0.29) is 16.3 Å². The molecule has 0 heterocycles. The van der Waals surface area contributed by atoms with Gasteiger partial charge in [-0.15, -0.1) is 0 Å². The van der Waals surface area contributed by atoms with Crippen LogP contribution < -0.4 is 11.1 Å². The molecule has 2 unspecified atom stereocenters. The highest BCUT2D eigenvalue weighted by molar-refractivity contribution is 6.55. The summed E-state index contributed by atoms with van der Waals surface area (Å²) in [6.07, 6.45) is 0. The minimum Gasteiger partial charge on any atom is -0.369 e. The minimum absolute atomic E-state index is 0.208. The highest BCUT2D eigenvalue weighted by Gasteiger charge is 2.80. The molecular formula is C23H13Cl7N2O2. The van der Waals surface area contributed by atoms with E-state index in [0.717, 1.165) is 0 Å². The first-order chi connectivity index (χ1) is 15.9. The normalized spacial score (nSPS) is 20.6. The third-order valence-corrected chi connectivity index (χ3v) is 7.87. The van der Waals surface area contributed by atoms with Crippen molar-refractivity contribution in [3.05, 3.63) is 96.4 Å². The maximum absolute atomic E-state index is 12.8. The van der Waals surface area contributed by atoms with Crippen LogP contribution in [-0.4, -0.2) is 16.1 Å². The summed E-state index contributed by atoms with van der Waals surface area (Å²) >= 11 is 43.9. The van der Waals surface area contributed by atoms with Gasteiger partial charge in [0.1, 0.15) is 9.75 Å². The van der Waals surface area contributed by atoms with Crippen LogP contribution in [0.15, 0.2) is 54.6 Å². The number of amides is 2. The number of carbonyl (C=O) groups excluding carboxylic acids is 2. The largest absolute Gasteiger partial charge is 0.369 e. The summed E-state index contributed by atoms with van der Waals surface area (Å²) in [5.74, 6) is -2.04. The van der Waals surface area contributed by atoms with E-state index in [0.29, 0.717) is 31.2 Å². The topological polar surface area (TPSA) is 72.2 Å². The molecule has 0 aliphatic heterocycles. The number of anilines is 1. The van der Waals surface area contributed by atoms with Gasteiger partial charge < -0.3 is 11.1 Å². The zero-order chi connectivity index (χ0) is 25.0. The quantitative estimate of drug-likeness (QED) is 0.294. The summed E-state index contributed by atoms with van der Waals surface area (Å²) in [4.78, 5) is 25.6. The molecule has 1 aliphatic carbocycles. The third kappa shape index (κ3) is 4.35. The molecule has 3 aromatic rings. The molecule has 0 spiro atoms. The van der Waals surface area contributed by atoms with E-state index in [9.17, 15) is 9.59 Å². The summed E-state index contributed by atoms with van der Waals surface area (Å²) in [6.45, 7) is 0. The van der Waals surface area contributed by atoms with Crippen LogP contribution in [0.4, 0.5) is 5.69 Å². The number of hydrogen-bond acceptors (Lipinski definition) is 2. The molecule has 3 aromatic carbocycles. The summed E-state index contributed by atoms with van der Waals surface area (Å²) < 4.78 is -1.61. The minimum atomic E-state index is -1.61. The van der Waals surface area contributed by atoms with Gasteiger partial charge in [0.25, 0.3) is 5.91 Å². The molecule has 4 rings (SSSR count). The fourth-order valence-electron chi connectivity index (χ4n) is 4.16. The smallest absolute Gasteiger partial charge is 0.255 e. The van der Waals surface area contributed by atoms with Crippen LogP contribution in [0.25, 0.3) is 0 Å². The van der Waals surface area contributed by atoms with Crippen molar-refractivity contribution in [1.82, 2.24) is 0 Å². The number of hydrogen-bond donors (Lipinski definition) is 2. The van der Waals surface area contributed by atoms with Crippen molar-refractivity contribution >= 4 is 98.7 Å². The summed E-state index contributed by atoms with van der Waals surface area (Å²) in [6, 6.07) is 13.8. The van der Waals surface area contributed by atoms with Crippen LogP contribution >= 0.6 is 81.2 Å². The van der Waals surface area contributed by atoms with E-state index in [4.69, 9.17) is 86.9 Å². The Morgan fingerprint density at radius 2 is 1.32 bits per heavy atom. The average molecular weight is 598 g/mol. The highest BCUT2D eigenvalue weighted by atomic mass is 35.5. The molecule has 0 saturated heterocycles. The number of primary amides is 1. The summed E-state index contributed by atoms with van der Waals surface area (Å²) in [7, 11) is 0. The molecule has 3 N–H and O–H groups in total. The monoisotopic (exact) mass is 594 g/mol. The number of nitrogens with one attached hydrogen (secondary N) is 1. The lowest BCUT2D eigenvalue weighted by atomic mass is 9.89. The van der Waals surface area contributed by atoms with Crippen LogP contribution in [0, 0.1) is 0 Å². The van der Waals surface area contributed by atoms with Gasteiger partial charge in [-0.1, -0.05) is 87.3 Å². The predicted octanol–water partition coefficient (Wildman–Crippen LogP) is 7.90. The molecule has 2 atom stereocenters. The standard InChI is InChI=1S/C23H13Cl7N2O2/c24-13-3-10(4-14(25)8-13)19-22(21(31)34,23(19,29)30)12-1-2-17(28)18(7-12)32-20(33)11-5-15(26)9-16(27)6-11/h1-9,19H,(H2,31,34)(H,32,33).